The Balaban J connectivity index is 2.19. The van der Waals surface area contributed by atoms with Gasteiger partial charge in [-0.3, -0.25) is 0 Å². The van der Waals surface area contributed by atoms with Crippen molar-refractivity contribution in [3.8, 4) is 0 Å². The van der Waals surface area contributed by atoms with Gasteiger partial charge in [0.1, 0.15) is 5.82 Å². The maximum atomic E-state index is 12.3. The van der Waals surface area contributed by atoms with E-state index in [1.165, 1.54) is 10.8 Å². The first-order chi connectivity index (χ1) is 8.37. The number of imidazole rings is 2. The van der Waals surface area contributed by atoms with Crippen LogP contribution in [-0.4, -0.2) is 24.6 Å². The number of aromatic nitrogens is 4. The minimum absolute atomic E-state index is 0.0599. The van der Waals surface area contributed by atoms with Gasteiger partial charge in [-0.05, 0) is 6.92 Å². The maximum Gasteiger partial charge on any atom is 0.449 e. The molecule has 0 bridgehead atoms. The lowest BCUT2D eigenvalue weighted by atomic mass is 10.4. The normalized spacial score (nSPS) is 12.1. The zero-order valence-electron chi connectivity index (χ0n) is 9.77. The first-order valence-corrected chi connectivity index (χ1v) is 5.92. The van der Waals surface area contributed by atoms with E-state index in [-0.39, 0.29) is 16.9 Å². The highest BCUT2D eigenvalue weighted by Gasteiger charge is 2.31. The third-order valence-electron chi connectivity index (χ3n) is 2.50. The van der Waals surface area contributed by atoms with Gasteiger partial charge in [-0.1, -0.05) is 0 Å². The van der Waals surface area contributed by atoms with Crippen molar-refractivity contribution in [1.29, 1.82) is 0 Å². The van der Waals surface area contributed by atoms with Crippen molar-refractivity contribution in [2.45, 2.75) is 24.1 Å². The summed E-state index contributed by atoms with van der Waals surface area (Å²) in [5, 5.41) is -0.0599. The molecule has 0 aliphatic carbocycles. The first-order valence-electron chi connectivity index (χ1n) is 5.11. The Morgan fingerprint density at radius 2 is 2.06 bits per heavy atom. The molecule has 0 aliphatic heterocycles. The van der Waals surface area contributed by atoms with Gasteiger partial charge < -0.3 is 9.13 Å². The van der Waals surface area contributed by atoms with Crippen LogP contribution in [0.3, 0.4) is 0 Å². The molecule has 0 spiro atoms. The highest BCUT2D eigenvalue weighted by molar-refractivity contribution is 8.00. The second-order valence-corrected chi connectivity index (χ2v) is 4.77. The molecule has 0 amide bonds. The average Bonchev–Trinajstić information content (AvgIpc) is 2.78. The molecule has 0 aliphatic rings. The molecule has 8 heteroatoms. The van der Waals surface area contributed by atoms with E-state index in [4.69, 9.17) is 0 Å². The van der Waals surface area contributed by atoms with Gasteiger partial charge in [0.15, 0.2) is 5.16 Å². The van der Waals surface area contributed by atoms with Gasteiger partial charge in [0, 0.05) is 31.2 Å². The quantitative estimate of drug-likeness (QED) is 0.808. The average molecular weight is 276 g/mol. The lowest BCUT2D eigenvalue weighted by Gasteiger charge is -2.08. The highest BCUT2D eigenvalue weighted by Crippen LogP contribution is 2.36. The van der Waals surface area contributed by atoms with E-state index in [0.717, 1.165) is 5.82 Å². The smallest absolute Gasteiger partial charge is 0.329 e. The number of aryl methyl sites for hydroxylation is 1. The molecule has 0 saturated carbocycles. The summed E-state index contributed by atoms with van der Waals surface area (Å²) in [6.07, 6.45) is 4.88. The zero-order chi connectivity index (χ0) is 13.3. The summed E-state index contributed by atoms with van der Waals surface area (Å²) in [5.41, 5.74) is -3.62. The van der Waals surface area contributed by atoms with E-state index in [1.54, 1.807) is 19.4 Å². The number of hydrogen-bond acceptors (Lipinski definition) is 3. The minimum atomic E-state index is -4.32. The molecule has 2 aromatic rings. The molecule has 0 N–H and O–H groups in total. The van der Waals surface area contributed by atoms with Crippen molar-refractivity contribution >= 4 is 11.8 Å². The van der Waals surface area contributed by atoms with Crippen LogP contribution in [0, 0.1) is 6.92 Å². The Morgan fingerprint density at radius 1 is 1.33 bits per heavy atom. The Kier molecular flexibility index (Phi) is 3.38. The summed E-state index contributed by atoms with van der Waals surface area (Å²) in [7, 11) is 1.57. The van der Waals surface area contributed by atoms with Crippen LogP contribution in [-0.2, 0) is 13.6 Å². The molecule has 2 heterocycles. The van der Waals surface area contributed by atoms with Crippen molar-refractivity contribution in [1.82, 2.24) is 19.1 Å². The Morgan fingerprint density at radius 3 is 2.61 bits per heavy atom. The number of halogens is 3. The zero-order valence-corrected chi connectivity index (χ0v) is 10.6. The van der Waals surface area contributed by atoms with E-state index in [9.17, 15) is 13.2 Å². The SMILES string of the molecule is Cc1nccn1Cc1cnc(SC(F)(F)F)n1C. The third kappa shape index (κ3) is 2.87. The molecule has 4 nitrogen and oxygen atoms in total. The molecule has 2 rings (SSSR count). The summed E-state index contributed by atoms with van der Waals surface area (Å²) in [4.78, 5) is 7.84. The highest BCUT2D eigenvalue weighted by atomic mass is 32.2. The predicted molar refractivity (Wildman–Crippen MR) is 61.2 cm³/mol. The second-order valence-electron chi connectivity index (χ2n) is 3.74. The number of alkyl halides is 3. The lowest BCUT2D eigenvalue weighted by Crippen LogP contribution is -2.08. The molecule has 0 unspecified atom stereocenters. The van der Waals surface area contributed by atoms with E-state index in [0.29, 0.717) is 12.2 Å². The fourth-order valence-corrected chi connectivity index (χ4v) is 2.08. The predicted octanol–water partition coefficient (Wildman–Crippen LogP) is 2.59. The lowest BCUT2D eigenvalue weighted by molar-refractivity contribution is -0.0332. The molecule has 0 fully saturated rings. The number of hydrogen-bond donors (Lipinski definition) is 0. The maximum absolute atomic E-state index is 12.3. The van der Waals surface area contributed by atoms with Crippen LogP contribution in [0.2, 0.25) is 0 Å². The summed E-state index contributed by atoms with van der Waals surface area (Å²) >= 11 is -0.208. The fourth-order valence-electron chi connectivity index (χ4n) is 1.52. The number of thioether (sulfide) groups is 1. The molecule has 18 heavy (non-hydrogen) atoms. The van der Waals surface area contributed by atoms with Crippen molar-refractivity contribution in [2.24, 2.45) is 7.05 Å². The van der Waals surface area contributed by atoms with Crippen molar-refractivity contribution in [2.75, 3.05) is 0 Å². The number of rotatable bonds is 3. The summed E-state index contributed by atoms with van der Waals surface area (Å²) in [5.74, 6) is 0.807. The van der Waals surface area contributed by atoms with Gasteiger partial charge in [-0.25, -0.2) is 9.97 Å². The number of nitrogens with zero attached hydrogens (tertiary/aromatic N) is 4. The largest absolute Gasteiger partial charge is 0.449 e. The van der Waals surface area contributed by atoms with Gasteiger partial charge in [0.2, 0.25) is 0 Å². The summed E-state index contributed by atoms with van der Waals surface area (Å²) < 4.78 is 40.1. The van der Waals surface area contributed by atoms with Crippen LogP contribution >= 0.6 is 11.8 Å². The van der Waals surface area contributed by atoms with Gasteiger partial charge in [0.25, 0.3) is 0 Å². The van der Waals surface area contributed by atoms with Crippen LogP contribution in [0.25, 0.3) is 0 Å². The standard InChI is InChI=1S/C10H11F3N4S/c1-7-14-3-4-17(7)6-8-5-15-9(16(8)2)18-10(11,12)13/h3-5H,6H2,1-2H3. The molecule has 0 saturated heterocycles. The van der Waals surface area contributed by atoms with E-state index >= 15 is 0 Å². The van der Waals surface area contributed by atoms with Crippen molar-refractivity contribution in [3.05, 3.63) is 30.1 Å². The van der Waals surface area contributed by atoms with E-state index in [2.05, 4.69) is 9.97 Å². The van der Waals surface area contributed by atoms with Crippen LogP contribution in [0.4, 0.5) is 13.2 Å². The topological polar surface area (TPSA) is 35.6 Å². The van der Waals surface area contributed by atoms with Crippen LogP contribution in [0.1, 0.15) is 11.5 Å². The Labute approximate surface area is 106 Å². The van der Waals surface area contributed by atoms with E-state index < -0.39 is 5.51 Å². The molecule has 0 radical (unpaired) electrons. The molecular formula is C10H11F3N4S. The van der Waals surface area contributed by atoms with Crippen molar-refractivity contribution < 1.29 is 13.2 Å². The van der Waals surface area contributed by atoms with Crippen LogP contribution in [0.15, 0.2) is 23.7 Å². The molecule has 2 aromatic heterocycles. The monoisotopic (exact) mass is 276 g/mol. The van der Waals surface area contributed by atoms with Crippen LogP contribution < -0.4 is 0 Å². The fraction of sp³-hybridized carbons (Fsp3) is 0.400. The molecular weight excluding hydrogens is 265 g/mol. The second kappa shape index (κ2) is 4.68. The van der Waals surface area contributed by atoms with E-state index in [1.807, 2.05) is 11.5 Å². The third-order valence-corrected chi connectivity index (χ3v) is 3.30. The van der Waals surface area contributed by atoms with Crippen molar-refractivity contribution in [3.63, 3.8) is 0 Å². The van der Waals surface area contributed by atoms with Gasteiger partial charge in [-0.15, -0.1) is 0 Å². The Hall–Kier alpha value is -1.44. The summed E-state index contributed by atoms with van der Waals surface area (Å²) in [6.45, 7) is 2.29. The molecule has 98 valence electrons. The van der Waals surface area contributed by atoms with Gasteiger partial charge in [-0.2, -0.15) is 13.2 Å². The minimum Gasteiger partial charge on any atom is -0.329 e. The summed E-state index contributed by atoms with van der Waals surface area (Å²) in [6, 6.07) is 0. The Bertz CT molecular complexity index is 544. The first kappa shape index (κ1) is 13.0. The van der Waals surface area contributed by atoms with Gasteiger partial charge >= 0.3 is 5.51 Å². The molecule has 0 aromatic carbocycles. The van der Waals surface area contributed by atoms with Gasteiger partial charge in [0.05, 0.1) is 18.4 Å². The van der Waals surface area contributed by atoms with Crippen LogP contribution in [0.5, 0.6) is 0 Å². The molecule has 0 atom stereocenters.